The minimum atomic E-state index is 0.536. The van der Waals surface area contributed by atoms with Gasteiger partial charge in [-0.3, -0.25) is 0 Å². The lowest BCUT2D eigenvalue weighted by Crippen LogP contribution is -2.24. The van der Waals surface area contributed by atoms with E-state index in [9.17, 15) is 0 Å². The third-order valence-corrected chi connectivity index (χ3v) is 2.99. The normalized spacial score (nSPS) is 12.5. The predicted molar refractivity (Wildman–Crippen MR) is 67.3 cm³/mol. The molecule has 0 bridgehead atoms. The Kier molecular flexibility index (Phi) is 5.12. The van der Waals surface area contributed by atoms with Crippen molar-refractivity contribution in [3.8, 4) is 5.75 Å². The number of hydrogen-bond acceptors (Lipinski definition) is 2. The summed E-state index contributed by atoms with van der Waals surface area (Å²) < 4.78 is 6.39. The van der Waals surface area contributed by atoms with E-state index >= 15 is 0 Å². The van der Waals surface area contributed by atoms with Gasteiger partial charge in [0, 0.05) is 22.6 Å². The molecule has 0 spiro atoms. The zero-order valence-electron chi connectivity index (χ0n) is 9.51. The van der Waals surface area contributed by atoms with Crippen LogP contribution in [-0.2, 0) is 6.54 Å². The Morgan fingerprint density at radius 2 is 2.20 bits per heavy atom. The first-order valence-corrected chi connectivity index (χ1v) is 6.02. The first-order chi connectivity index (χ1) is 7.17. The second-order valence-corrected chi connectivity index (χ2v) is 4.56. The van der Waals surface area contributed by atoms with E-state index in [4.69, 9.17) is 4.74 Å². The Balaban J connectivity index is 2.69. The van der Waals surface area contributed by atoms with E-state index < -0.39 is 0 Å². The summed E-state index contributed by atoms with van der Waals surface area (Å²) in [6.45, 7) is 5.21. The highest BCUT2D eigenvalue weighted by molar-refractivity contribution is 9.10. The molecule has 1 aromatic rings. The topological polar surface area (TPSA) is 21.3 Å². The van der Waals surface area contributed by atoms with Crippen LogP contribution in [0.15, 0.2) is 22.7 Å². The molecule has 0 fully saturated rings. The Labute approximate surface area is 100 Å². The quantitative estimate of drug-likeness (QED) is 0.887. The Morgan fingerprint density at radius 3 is 2.80 bits per heavy atom. The van der Waals surface area contributed by atoms with Gasteiger partial charge in [-0.2, -0.15) is 0 Å². The number of halogens is 1. The van der Waals surface area contributed by atoms with Gasteiger partial charge in [0.2, 0.25) is 0 Å². The summed E-state index contributed by atoms with van der Waals surface area (Å²) in [7, 11) is 1.70. The van der Waals surface area contributed by atoms with Crippen molar-refractivity contribution in [2.24, 2.45) is 0 Å². The molecule has 0 saturated carbocycles. The van der Waals surface area contributed by atoms with Crippen molar-refractivity contribution in [3.05, 3.63) is 28.2 Å². The number of nitrogens with one attached hydrogen (secondary N) is 1. The minimum absolute atomic E-state index is 0.536. The van der Waals surface area contributed by atoms with E-state index in [0.717, 1.165) is 23.2 Å². The third kappa shape index (κ3) is 3.84. The summed E-state index contributed by atoms with van der Waals surface area (Å²) >= 11 is 3.47. The van der Waals surface area contributed by atoms with Crippen LogP contribution in [0.2, 0.25) is 0 Å². The molecule has 0 aromatic heterocycles. The molecule has 0 aliphatic carbocycles. The number of rotatable bonds is 5. The van der Waals surface area contributed by atoms with Crippen LogP contribution >= 0.6 is 15.9 Å². The Morgan fingerprint density at radius 1 is 1.47 bits per heavy atom. The molecule has 1 N–H and O–H groups in total. The maximum absolute atomic E-state index is 5.31. The van der Waals surface area contributed by atoms with Crippen molar-refractivity contribution in [3.63, 3.8) is 0 Å². The van der Waals surface area contributed by atoms with Gasteiger partial charge in [-0.15, -0.1) is 0 Å². The predicted octanol–water partition coefficient (Wildman–Crippen LogP) is 3.35. The number of hydrogen-bond donors (Lipinski definition) is 1. The molecule has 1 atom stereocenters. The van der Waals surface area contributed by atoms with Crippen molar-refractivity contribution < 1.29 is 4.74 Å². The smallest absolute Gasteiger partial charge is 0.123 e. The highest BCUT2D eigenvalue weighted by Gasteiger charge is 2.04. The lowest BCUT2D eigenvalue weighted by molar-refractivity contribution is 0.405. The van der Waals surface area contributed by atoms with Crippen molar-refractivity contribution in [2.75, 3.05) is 7.11 Å². The van der Waals surface area contributed by atoms with Crippen LogP contribution in [0.3, 0.4) is 0 Å². The maximum Gasteiger partial charge on any atom is 0.123 e. The lowest BCUT2D eigenvalue weighted by atomic mass is 10.2. The molecule has 2 nitrogen and oxygen atoms in total. The molecule has 3 heteroatoms. The highest BCUT2D eigenvalue weighted by atomic mass is 79.9. The van der Waals surface area contributed by atoms with Gasteiger partial charge in [0.25, 0.3) is 0 Å². The fraction of sp³-hybridized carbons (Fsp3) is 0.500. The molecule has 0 heterocycles. The zero-order chi connectivity index (χ0) is 11.3. The number of methoxy groups -OCH3 is 1. The van der Waals surface area contributed by atoms with Crippen LogP contribution in [-0.4, -0.2) is 13.2 Å². The SMILES string of the molecule is CC[C@H](C)NCc1cc(Br)ccc1OC. The van der Waals surface area contributed by atoms with E-state index in [0.29, 0.717) is 6.04 Å². The first kappa shape index (κ1) is 12.5. The second kappa shape index (κ2) is 6.13. The van der Waals surface area contributed by atoms with E-state index in [-0.39, 0.29) is 0 Å². The van der Waals surface area contributed by atoms with Gasteiger partial charge in [-0.1, -0.05) is 22.9 Å². The number of benzene rings is 1. The van der Waals surface area contributed by atoms with Gasteiger partial charge in [0.15, 0.2) is 0 Å². The monoisotopic (exact) mass is 271 g/mol. The van der Waals surface area contributed by atoms with Gasteiger partial charge in [0.1, 0.15) is 5.75 Å². The fourth-order valence-corrected chi connectivity index (χ4v) is 1.72. The van der Waals surface area contributed by atoms with E-state index in [1.165, 1.54) is 5.56 Å². The van der Waals surface area contributed by atoms with Crippen molar-refractivity contribution in [1.29, 1.82) is 0 Å². The molecule has 0 unspecified atom stereocenters. The summed E-state index contributed by atoms with van der Waals surface area (Å²) in [4.78, 5) is 0. The average Bonchev–Trinajstić information content (AvgIpc) is 2.26. The molecule has 0 saturated heterocycles. The molecule has 0 aliphatic rings. The number of ether oxygens (including phenoxy) is 1. The molecule has 1 aromatic carbocycles. The maximum atomic E-state index is 5.31. The molecule has 84 valence electrons. The molecular weight excluding hydrogens is 254 g/mol. The first-order valence-electron chi connectivity index (χ1n) is 5.23. The zero-order valence-corrected chi connectivity index (χ0v) is 11.1. The third-order valence-electron chi connectivity index (χ3n) is 2.50. The molecule has 15 heavy (non-hydrogen) atoms. The van der Waals surface area contributed by atoms with Gasteiger partial charge in [0.05, 0.1) is 7.11 Å². The summed E-state index contributed by atoms with van der Waals surface area (Å²) in [5.41, 5.74) is 1.19. The molecule has 1 rings (SSSR count). The van der Waals surface area contributed by atoms with Crippen molar-refractivity contribution >= 4 is 15.9 Å². The van der Waals surface area contributed by atoms with Gasteiger partial charge < -0.3 is 10.1 Å². The standard InChI is InChI=1S/C12H18BrNO/c1-4-9(2)14-8-10-7-11(13)5-6-12(10)15-3/h5-7,9,14H,4,8H2,1-3H3/t9-/m0/s1. The van der Waals surface area contributed by atoms with Crippen LogP contribution in [0.4, 0.5) is 0 Å². The van der Waals surface area contributed by atoms with E-state index in [1.54, 1.807) is 7.11 Å². The van der Waals surface area contributed by atoms with Crippen LogP contribution in [0.25, 0.3) is 0 Å². The highest BCUT2D eigenvalue weighted by Crippen LogP contribution is 2.22. The van der Waals surface area contributed by atoms with Crippen LogP contribution in [0.1, 0.15) is 25.8 Å². The van der Waals surface area contributed by atoms with Crippen LogP contribution in [0, 0.1) is 0 Å². The summed E-state index contributed by atoms with van der Waals surface area (Å²) in [6, 6.07) is 6.60. The molecule has 0 amide bonds. The van der Waals surface area contributed by atoms with Crippen LogP contribution in [0.5, 0.6) is 5.75 Å². The van der Waals surface area contributed by atoms with E-state index in [2.05, 4.69) is 41.2 Å². The largest absolute Gasteiger partial charge is 0.496 e. The second-order valence-electron chi connectivity index (χ2n) is 3.65. The van der Waals surface area contributed by atoms with Crippen molar-refractivity contribution in [2.45, 2.75) is 32.9 Å². The minimum Gasteiger partial charge on any atom is -0.496 e. The fourth-order valence-electron chi connectivity index (χ4n) is 1.31. The van der Waals surface area contributed by atoms with Crippen molar-refractivity contribution in [1.82, 2.24) is 5.32 Å². The summed E-state index contributed by atoms with van der Waals surface area (Å²) in [5, 5.41) is 3.45. The summed E-state index contributed by atoms with van der Waals surface area (Å²) in [5.74, 6) is 0.939. The van der Waals surface area contributed by atoms with Crippen LogP contribution < -0.4 is 10.1 Å². The Hall–Kier alpha value is -0.540. The molecular formula is C12H18BrNO. The average molecular weight is 272 g/mol. The summed E-state index contributed by atoms with van der Waals surface area (Å²) in [6.07, 6.45) is 1.14. The van der Waals surface area contributed by atoms with Gasteiger partial charge >= 0.3 is 0 Å². The Bertz CT molecular complexity index is 314. The molecule has 0 aliphatic heterocycles. The molecule has 0 radical (unpaired) electrons. The van der Waals surface area contributed by atoms with E-state index in [1.807, 2.05) is 12.1 Å². The van der Waals surface area contributed by atoms with Gasteiger partial charge in [-0.25, -0.2) is 0 Å². The lowest BCUT2D eigenvalue weighted by Gasteiger charge is -2.13. The van der Waals surface area contributed by atoms with Gasteiger partial charge in [-0.05, 0) is 31.5 Å².